The smallest absolute Gasteiger partial charge is 0.0700 e. The topological polar surface area (TPSA) is 41.5 Å². The molecule has 2 unspecified atom stereocenters. The molecule has 3 nitrogen and oxygen atoms in total. The quantitative estimate of drug-likeness (QED) is 0.706. The first-order valence-electron chi connectivity index (χ1n) is 6.13. The van der Waals surface area contributed by atoms with E-state index in [9.17, 15) is 5.11 Å². The van der Waals surface area contributed by atoms with E-state index in [0.717, 1.165) is 32.4 Å². The van der Waals surface area contributed by atoms with Crippen LogP contribution in [0.15, 0.2) is 0 Å². The second kappa shape index (κ2) is 5.83. The van der Waals surface area contributed by atoms with Crippen LogP contribution in [0.2, 0.25) is 0 Å². The van der Waals surface area contributed by atoms with Crippen LogP contribution in [0.5, 0.6) is 0 Å². The number of hydrogen-bond donors (Lipinski definition) is 2. The summed E-state index contributed by atoms with van der Waals surface area (Å²) in [5.74, 6) is 0. The van der Waals surface area contributed by atoms with Crippen molar-refractivity contribution < 1.29 is 9.84 Å². The number of aliphatic hydroxyl groups is 1. The minimum Gasteiger partial charge on any atom is -0.396 e. The van der Waals surface area contributed by atoms with E-state index in [0.29, 0.717) is 12.1 Å². The number of aliphatic hydroxyl groups excluding tert-OH is 1. The van der Waals surface area contributed by atoms with Gasteiger partial charge in [0, 0.05) is 31.2 Å². The lowest BCUT2D eigenvalue weighted by Crippen LogP contribution is -2.43. The highest BCUT2D eigenvalue weighted by molar-refractivity contribution is 4.84. The van der Waals surface area contributed by atoms with Crippen LogP contribution in [-0.2, 0) is 4.74 Å². The van der Waals surface area contributed by atoms with Gasteiger partial charge in [0.15, 0.2) is 0 Å². The molecule has 1 rings (SSSR count). The Hall–Kier alpha value is -0.120. The van der Waals surface area contributed by atoms with E-state index in [4.69, 9.17) is 4.74 Å². The Labute approximate surface area is 93.2 Å². The van der Waals surface area contributed by atoms with Gasteiger partial charge in [0.05, 0.1) is 6.10 Å². The van der Waals surface area contributed by atoms with E-state index in [2.05, 4.69) is 26.1 Å². The maximum Gasteiger partial charge on any atom is 0.0700 e. The minimum absolute atomic E-state index is 0.0578. The van der Waals surface area contributed by atoms with Gasteiger partial charge in [-0.3, -0.25) is 0 Å². The van der Waals surface area contributed by atoms with Gasteiger partial charge in [-0.2, -0.15) is 0 Å². The Bertz CT molecular complexity index is 172. The molecular weight excluding hydrogens is 190 g/mol. The second-order valence-electron chi connectivity index (χ2n) is 4.72. The molecule has 0 aromatic carbocycles. The van der Waals surface area contributed by atoms with Gasteiger partial charge in [0.1, 0.15) is 0 Å². The van der Waals surface area contributed by atoms with Gasteiger partial charge < -0.3 is 15.2 Å². The fourth-order valence-corrected chi connectivity index (χ4v) is 2.13. The molecule has 0 aromatic heterocycles. The summed E-state index contributed by atoms with van der Waals surface area (Å²) in [7, 11) is 0. The molecule has 0 aromatic rings. The third-order valence-corrected chi connectivity index (χ3v) is 3.95. The average molecular weight is 215 g/mol. The molecule has 0 bridgehead atoms. The molecule has 1 fully saturated rings. The Balaban J connectivity index is 2.39. The van der Waals surface area contributed by atoms with E-state index < -0.39 is 0 Å². The number of hydrogen-bond acceptors (Lipinski definition) is 3. The zero-order valence-corrected chi connectivity index (χ0v) is 10.3. The zero-order chi connectivity index (χ0) is 11.3. The number of ether oxygens (including phenoxy) is 1. The molecule has 3 heteroatoms. The SMILES string of the molecule is CCC(CC)(CO)CNC1CCOC1C. The van der Waals surface area contributed by atoms with Crippen molar-refractivity contribution in [1.29, 1.82) is 0 Å². The lowest BCUT2D eigenvalue weighted by atomic mass is 9.83. The molecule has 0 radical (unpaired) electrons. The monoisotopic (exact) mass is 215 g/mol. The van der Waals surface area contributed by atoms with E-state index in [1.807, 2.05) is 0 Å². The highest BCUT2D eigenvalue weighted by atomic mass is 16.5. The number of rotatable bonds is 6. The fraction of sp³-hybridized carbons (Fsp3) is 1.00. The van der Waals surface area contributed by atoms with Gasteiger partial charge >= 0.3 is 0 Å². The van der Waals surface area contributed by atoms with Crippen molar-refractivity contribution in [2.75, 3.05) is 19.8 Å². The summed E-state index contributed by atoms with van der Waals surface area (Å²) in [5.41, 5.74) is 0.0578. The molecule has 1 aliphatic heterocycles. The average Bonchev–Trinajstić information content (AvgIpc) is 2.67. The summed E-state index contributed by atoms with van der Waals surface area (Å²) >= 11 is 0. The highest BCUT2D eigenvalue weighted by Crippen LogP contribution is 2.25. The molecule has 1 saturated heterocycles. The van der Waals surface area contributed by atoms with Crippen molar-refractivity contribution in [1.82, 2.24) is 5.32 Å². The summed E-state index contributed by atoms with van der Waals surface area (Å²) in [6, 6.07) is 0.467. The normalized spacial score (nSPS) is 27.2. The predicted molar refractivity (Wildman–Crippen MR) is 61.9 cm³/mol. The fourth-order valence-electron chi connectivity index (χ4n) is 2.13. The van der Waals surface area contributed by atoms with Crippen LogP contribution in [0.1, 0.15) is 40.0 Å². The Kier molecular flexibility index (Phi) is 5.03. The first-order chi connectivity index (χ1) is 7.17. The van der Waals surface area contributed by atoms with Crippen LogP contribution in [0.25, 0.3) is 0 Å². The Morgan fingerprint density at radius 2 is 2.07 bits per heavy atom. The molecule has 15 heavy (non-hydrogen) atoms. The van der Waals surface area contributed by atoms with Crippen LogP contribution >= 0.6 is 0 Å². The van der Waals surface area contributed by atoms with Crippen LogP contribution in [0.4, 0.5) is 0 Å². The zero-order valence-electron chi connectivity index (χ0n) is 10.3. The van der Waals surface area contributed by atoms with Gasteiger partial charge in [-0.15, -0.1) is 0 Å². The molecule has 0 saturated carbocycles. The van der Waals surface area contributed by atoms with Gasteiger partial charge in [-0.25, -0.2) is 0 Å². The standard InChI is InChI=1S/C12H25NO2/c1-4-12(5-2,9-14)8-13-11-6-7-15-10(11)3/h10-11,13-14H,4-9H2,1-3H3. The summed E-state index contributed by atoms with van der Waals surface area (Å²) in [6.07, 6.45) is 3.45. The first kappa shape index (κ1) is 12.9. The van der Waals surface area contributed by atoms with Crippen molar-refractivity contribution in [3.05, 3.63) is 0 Å². The maximum atomic E-state index is 9.45. The van der Waals surface area contributed by atoms with Gasteiger partial charge in [0.2, 0.25) is 0 Å². The molecule has 0 amide bonds. The van der Waals surface area contributed by atoms with Gasteiger partial charge in [0.25, 0.3) is 0 Å². The summed E-state index contributed by atoms with van der Waals surface area (Å²) in [6.45, 7) is 8.45. The molecule has 2 N–H and O–H groups in total. The Morgan fingerprint density at radius 3 is 2.47 bits per heavy atom. The van der Waals surface area contributed by atoms with Crippen LogP contribution in [0, 0.1) is 5.41 Å². The third kappa shape index (κ3) is 3.16. The Morgan fingerprint density at radius 1 is 1.40 bits per heavy atom. The lowest BCUT2D eigenvalue weighted by molar-refractivity contribution is 0.0909. The van der Waals surface area contributed by atoms with Crippen LogP contribution in [-0.4, -0.2) is 37.0 Å². The number of nitrogens with one attached hydrogen (secondary N) is 1. The molecule has 0 spiro atoms. The van der Waals surface area contributed by atoms with Crippen molar-refractivity contribution in [2.45, 2.75) is 52.2 Å². The third-order valence-electron chi connectivity index (χ3n) is 3.95. The molecule has 1 heterocycles. The molecule has 90 valence electrons. The summed E-state index contributed by atoms with van der Waals surface area (Å²) < 4.78 is 5.51. The van der Waals surface area contributed by atoms with Gasteiger partial charge in [-0.05, 0) is 26.2 Å². The first-order valence-corrected chi connectivity index (χ1v) is 6.13. The maximum absolute atomic E-state index is 9.45. The van der Waals surface area contributed by atoms with E-state index in [1.54, 1.807) is 0 Å². The molecular formula is C12H25NO2. The second-order valence-corrected chi connectivity index (χ2v) is 4.72. The van der Waals surface area contributed by atoms with Crippen LogP contribution in [0.3, 0.4) is 0 Å². The molecule has 2 atom stereocenters. The van der Waals surface area contributed by atoms with Gasteiger partial charge in [-0.1, -0.05) is 13.8 Å². The molecule has 1 aliphatic rings. The van der Waals surface area contributed by atoms with Crippen molar-refractivity contribution in [3.63, 3.8) is 0 Å². The largest absolute Gasteiger partial charge is 0.396 e. The summed E-state index contributed by atoms with van der Waals surface area (Å²) in [4.78, 5) is 0. The predicted octanol–water partition coefficient (Wildman–Crippen LogP) is 1.55. The van der Waals surface area contributed by atoms with E-state index in [-0.39, 0.29) is 12.0 Å². The van der Waals surface area contributed by atoms with Crippen molar-refractivity contribution >= 4 is 0 Å². The lowest BCUT2D eigenvalue weighted by Gasteiger charge is -2.31. The molecule has 0 aliphatic carbocycles. The van der Waals surface area contributed by atoms with E-state index >= 15 is 0 Å². The van der Waals surface area contributed by atoms with Crippen molar-refractivity contribution in [3.8, 4) is 0 Å². The van der Waals surface area contributed by atoms with Crippen molar-refractivity contribution in [2.24, 2.45) is 5.41 Å². The summed E-state index contributed by atoms with van der Waals surface area (Å²) in [5, 5.41) is 13.0. The highest BCUT2D eigenvalue weighted by Gasteiger charge is 2.29. The minimum atomic E-state index is 0.0578. The van der Waals surface area contributed by atoms with Crippen LogP contribution < -0.4 is 5.32 Å². The van der Waals surface area contributed by atoms with E-state index in [1.165, 1.54) is 0 Å².